The van der Waals surface area contributed by atoms with E-state index in [0.29, 0.717) is 44.3 Å². The molecule has 0 bridgehead atoms. The molecular formula is C28H26N2O6S. The lowest BCUT2D eigenvalue weighted by Gasteiger charge is -2.24. The van der Waals surface area contributed by atoms with Crippen LogP contribution in [0.1, 0.15) is 37.9 Å². The van der Waals surface area contributed by atoms with Crippen molar-refractivity contribution in [2.75, 3.05) is 13.2 Å². The summed E-state index contributed by atoms with van der Waals surface area (Å²) in [4.78, 5) is 43.2. The fourth-order valence-electron chi connectivity index (χ4n) is 4.02. The van der Waals surface area contributed by atoms with Crippen LogP contribution >= 0.6 is 11.3 Å². The Hall–Kier alpha value is -4.24. The van der Waals surface area contributed by atoms with Crippen LogP contribution in [-0.4, -0.2) is 29.7 Å². The minimum Gasteiger partial charge on any atom is -0.490 e. The number of hydrogen-bond donors (Lipinski definition) is 0. The van der Waals surface area contributed by atoms with Crippen LogP contribution < -0.4 is 24.4 Å². The number of benzene rings is 2. The van der Waals surface area contributed by atoms with E-state index in [2.05, 4.69) is 11.6 Å². The highest BCUT2D eigenvalue weighted by atomic mass is 32.1. The first-order valence-electron chi connectivity index (χ1n) is 11.6. The van der Waals surface area contributed by atoms with Crippen LogP contribution in [0, 0.1) is 0 Å². The lowest BCUT2D eigenvalue weighted by Crippen LogP contribution is -2.39. The first-order chi connectivity index (χ1) is 17.8. The third-order valence-corrected chi connectivity index (χ3v) is 6.49. The molecule has 1 atom stereocenters. The van der Waals surface area contributed by atoms with E-state index in [1.807, 2.05) is 37.3 Å². The Balaban J connectivity index is 1.86. The van der Waals surface area contributed by atoms with Gasteiger partial charge in [-0.05, 0) is 43.2 Å². The van der Waals surface area contributed by atoms with Crippen molar-refractivity contribution < 1.29 is 23.8 Å². The zero-order valence-corrected chi connectivity index (χ0v) is 21.5. The highest BCUT2D eigenvalue weighted by Gasteiger charge is 2.33. The number of carbonyl (C=O) groups excluding carboxylic acids is 2. The number of allylic oxidation sites excluding steroid dienone is 1. The van der Waals surface area contributed by atoms with Gasteiger partial charge in [0.25, 0.3) is 5.56 Å². The summed E-state index contributed by atoms with van der Waals surface area (Å²) in [5.74, 6) is -0.313. The topological polar surface area (TPSA) is 96.2 Å². The number of esters is 2. The average molecular weight is 519 g/mol. The molecule has 2 aromatic carbocycles. The van der Waals surface area contributed by atoms with Gasteiger partial charge in [-0.2, -0.15) is 0 Å². The normalized spacial score (nSPS) is 15.0. The van der Waals surface area contributed by atoms with Crippen molar-refractivity contribution in [2.45, 2.75) is 26.8 Å². The van der Waals surface area contributed by atoms with Gasteiger partial charge in [-0.25, -0.2) is 9.79 Å². The van der Waals surface area contributed by atoms with Gasteiger partial charge in [-0.15, -0.1) is 0 Å². The zero-order valence-electron chi connectivity index (χ0n) is 20.7. The van der Waals surface area contributed by atoms with Crippen LogP contribution in [0.25, 0.3) is 6.08 Å². The van der Waals surface area contributed by atoms with Gasteiger partial charge in [0.15, 0.2) is 16.3 Å². The van der Waals surface area contributed by atoms with Crippen molar-refractivity contribution >= 4 is 29.4 Å². The van der Waals surface area contributed by atoms with E-state index in [1.54, 1.807) is 31.2 Å². The lowest BCUT2D eigenvalue weighted by molar-refractivity contribution is -0.138. The summed E-state index contributed by atoms with van der Waals surface area (Å²) in [6, 6.07) is 13.7. The first kappa shape index (κ1) is 25.8. The number of fused-ring (bicyclic) bond motifs is 1. The molecule has 0 aliphatic carbocycles. The smallest absolute Gasteiger partial charge is 0.338 e. The number of hydrogen-bond acceptors (Lipinski definition) is 8. The van der Waals surface area contributed by atoms with Crippen LogP contribution in [0.5, 0.6) is 11.5 Å². The number of carbonyl (C=O) groups is 2. The van der Waals surface area contributed by atoms with Gasteiger partial charge in [-0.3, -0.25) is 14.2 Å². The summed E-state index contributed by atoms with van der Waals surface area (Å²) in [5.41, 5.74) is 1.94. The molecule has 0 N–H and O–H groups in total. The molecule has 190 valence electrons. The number of rotatable bonds is 8. The third kappa shape index (κ3) is 5.46. The Morgan fingerprint density at radius 2 is 1.92 bits per heavy atom. The predicted molar refractivity (Wildman–Crippen MR) is 140 cm³/mol. The highest BCUT2D eigenvalue weighted by molar-refractivity contribution is 7.07. The molecule has 37 heavy (non-hydrogen) atoms. The third-order valence-electron chi connectivity index (χ3n) is 5.51. The standard InChI is InChI=1S/C28H26N2O6S/c1-5-14-35-27(33)24-17(3)29-28-30(25(24)20-10-8-7-9-11-20)26(32)23(37-28)16-19-12-13-21(36-18(4)31)22(15-19)34-6-2/h5,7-13,15-16,25H,1,6,14H2,2-4H3/b23-16-/t25-/m1/s1. The predicted octanol–water partition coefficient (Wildman–Crippen LogP) is 3.29. The molecule has 9 heteroatoms. The van der Waals surface area contributed by atoms with E-state index in [-0.39, 0.29) is 12.2 Å². The summed E-state index contributed by atoms with van der Waals surface area (Å²) in [5, 5.41) is 0. The van der Waals surface area contributed by atoms with Crippen molar-refractivity contribution in [3.05, 3.63) is 103 Å². The number of ether oxygens (including phenoxy) is 3. The molecule has 0 saturated heterocycles. The van der Waals surface area contributed by atoms with Crippen LogP contribution in [0.2, 0.25) is 0 Å². The molecule has 8 nitrogen and oxygen atoms in total. The maximum atomic E-state index is 13.7. The zero-order chi connectivity index (χ0) is 26.5. The summed E-state index contributed by atoms with van der Waals surface area (Å²) >= 11 is 1.22. The minimum absolute atomic E-state index is 0.0487. The maximum absolute atomic E-state index is 13.7. The highest BCUT2D eigenvalue weighted by Crippen LogP contribution is 2.31. The van der Waals surface area contributed by atoms with Crippen LogP contribution in [0.15, 0.2) is 82.2 Å². The molecule has 3 aromatic rings. The van der Waals surface area contributed by atoms with E-state index >= 15 is 0 Å². The summed E-state index contributed by atoms with van der Waals surface area (Å²) in [6.07, 6.45) is 3.21. The quantitative estimate of drug-likeness (QED) is 0.258. The molecule has 0 radical (unpaired) electrons. The van der Waals surface area contributed by atoms with Crippen molar-refractivity contribution in [2.24, 2.45) is 4.99 Å². The van der Waals surface area contributed by atoms with Gasteiger partial charge >= 0.3 is 11.9 Å². The number of thiazole rings is 1. The SMILES string of the molecule is C=CCOC(=O)C1=C(C)N=c2s/c(=C\c3ccc(OC(C)=O)c(OCC)c3)c(=O)n2[C@@H]1c1ccccc1. The van der Waals surface area contributed by atoms with Gasteiger partial charge in [0.05, 0.1) is 28.5 Å². The first-order valence-corrected chi connectivity index (χ1v) is 12.5. The van der Waals surface area contributed by atoms with E-state index < -0.39 is 18.0 Å². The lowest BCUT2D eigenvalue weighted by atomic mass is 9.96. The molecular weight excluding hydrogens is 492 g/mol. The molecule has 1 aromatic heterocycles. The average Bonchev–Trinajstić information content (AvgIpc) is 3.17. The Kier molecular flexibility index (Phi) is 7.83. The van der Waals surface area contributed by atoms with Gasteiger partial charge in [-0.1, -0.05) is 60.4 Å². The molecule has 1 aliphatic heterocycles. The van der Waals surface area contributed by atoms with Crippen molar-refractivity contribution in [3.8, 4) is 11.5 Å². The monoisotopic (exact) mass is 518 g/mol. The van der Waals surface area contributed by atoms with Crippen molar-refractivity contribution in [3.63, 3.8) is 0 Å². The number of aromatic nitrogens is 1. The fourth-order valence-corrected chi connectivity index (χ4v) is 5.07. The minimum atomic E-state index is -0.692. The Morgan fingerprint density at radius 1 is 1.16 bits per heavy atom. The molecule has 0 amide bonds. The summed E-state index contributed by atoms with van der Waals surface area (Å²) < 4.78 is 18.1. The number of nitrogens with zero attached hydrogens (tertiary/aromatic N) is 2. The van der Waals surface area contributed by atoms with Crippen LogP contribution in [0.4, 0.5) is 0 Å². The fraction of sp³-hybridized carbons (Fsp3) is 0.214. The summed E-state index contributed by atoms with van der Waals surface area (Å²) in [6.45, 7) is 8.90. The molecule has 0 unspecified atom stereocenters. The van der Waals surface area contributed by atoms with E-state index in [4.69, 9.17) is 14.2 Å². The largest absolute Gasteiger partial charge is 0.490 e. The van der Waals surface area contributed by atoms with Gasteiger partial charge in [0.1, 0.15) is 6.61 Å². The van der Waals surface area contributed by atoms with Gasteiger partial charge in [0, 0.05) is 6.92 Å². The Bertz CT molecular complexity index is 1570. The van der Waals surface area contributed by atoms with Crippen molar-refractivity contribution in [1.82, 2.24) is 4.57 Å². The van der Waals surface area contributed by atoms with E-state index in [9.17, 15) is 14.4 Å². The Morgan fingerprint density at radius 3 is 2.59 bits per heavy atom. The van der Waals surface area contributed by atoms with Gasteiger partial charge in [0.2, 0.25) is 0 Å². The van der Waals surface area contributed by atoms with E-state index in [0.717, 1.165) is 5.56 Å². The molecule has 0 spiro atoms. The van der Waals surface area contributed by atoms with Crippen molar-refractivity contribution in [1.29, 1.82) is 0 Å². The summed E-state index contributed by atoms with van der Waals surface area (Å²) in [7, 11) is 0. The van der Waals surface area contributed by atoms with Crippen LogP contribution in [-0.2, 0) is 14.3 Å². The Labute approximate surface area is 217 Å². The van der Waals surface area contributed by atoms with Gasteiger partial charge < -0.3 is 14.2 Å². The second-order valence-electron chi connectivity index (χ2n) is 8.11. The van der Waals surface area contributed by atoms with Crippen LogP contribution in [0.3, 0.4) is 0 Å². The molecule has 0 saturated carbocycles. The second-order valence-corrected chi connectivity index (χ2v) is 9.12. The van der Waals surface area contributed by atoms with E-state index in [1.165, 1.54) is 28.9 Å². The second kappa shape index (κ2) is 11.2. The molecule has 4 rings (SSSR count). The molecule has 1 aliphatic rings. The molecule has 2 heterocycles. The maximum Gasteiger partial charge on any atom is 0.338 e. The molecule has 0 fully saturated rings.